The minimum absolute atomic E-state index is 0.137. The lowest BCUT2D eigenvalue weighted by Gasteiger charge is -2.10. The Bertz CT molecular complexity index is 566. The molecule has 19 heavy (non-hydrogen) atoms. The van der Waals surface area contributed by atoms with Crippen molar-refractivity contribution in [2.24, 2.45) is 0 Å². The molecule has 0 bridgehead atoms. The average molecular weight is 279 g/mol. The van der Waals surface area contributed by atoms with Gasteiger partial charge < -0.3 is 14.6 Å². The van der Waals surface area contributed by atoms with Crippen LogP contribution in [0.5, 0.6) is 11.5 Å². The first kappa shape index (κ1) is 13.8. The molecule has 1 aromatic heterocycles. The van der Waals surface area contributed by atoms with Crippen LogP contribution >= 0.6 is 11.3 Å². The molecule has 0 aliphatic rings. The number of methoxy groups -OCH3 is 2. The first-order valence-corrected chi connectivity index (χ1v) is 6.81. The lowest BCUT2D eigenvalue weighted by molar-refractivity contribution is 0.300. The van der Waals surface area contributed by atoms with Crippen LogP contribution < -0.4 is 9.47 Å². The maximum absolute atomic E-state index is 9.04. The summed E-state index contributed by atoms with van der Waals surface area (Å²) in [5.41, 5.74) is 1.87. The van der Waals surface area contributed by atoms with E-state index in [-0.39, 0.29) is 6.61 Å². The van der Waals surface area contributed by atoms with Crippen molar-refractivity contribution in [2.75, 3.05) is 20.8 Å². The molecule has 0 radical (unpaired) electrons. The Morgan fingerprint density at radius 2 is 2.05 bits per heavy atom. The number of hydrogen-bond donors (Lipinski definition) is 1. The molecule has 5 heteroatoms. The number of aromatic nitrogens is 1. The zero-order valence-electron chi connectivity index (χ0n) is 11.3. The SMILES string of the molecule is COc1cccc(-c2nc(C)c(CCO)s2)c1OC. The molecule has 0 amide bonds. The van der Waals surface area contributed by atoms with Gasteiger partial charge in [0.25, 0.3) is 0 Å². The van der Waals surface area contributed by atoms with Crippen LogP contribution in [0.25, 0.3) is 10.6 Å². The largest absolute Gasteiger partial charge is 0.493 e. The van der Waals surface area contributed by atoms with Crippen molar-refractivity contribution < 1.29 is 14.6 Å². The summed E-state index contributed by atoms with van der Waals surface area (Å²) in [6.07, 6.45) is 0.635. The molecular formula is C14H17NO3S. The van der Waals surface area contributed by atoms with Gasteiger partial charge in [0, 0.05) is 17.9 Å². The van der Waals surface area contributed by atoms with E-state index in [1.54, 1.807) is 25.6 Å². The maximum Gasteiger partial charge on any atom is 0.170 e. The fraction of sp³-hybridized carbons (Fsp3) is 0.357. The molecule has 0 fully saturated rings. The van der Waals surface area contributed by atoms with Gasteiger partial charge in [-0.25, -0.2) is 4.98 Å². The monoisotopic (exact) mass is 279 g/mol. The van der Waals surface area contributed by atoms with Crippen LogP contribution in [0.2, 0.25) is 0 Å². The Morgan fingerprint density at radius 3 is 2.68 bits per heavy atom. The maximum atomic E-state index is 9.04. The molecule has 4 nitrogen and oxygen atoms in total. The molecule has 0 saturated heterocycles. The zero-order valence-corrected chi connectivity index (χ0v) is 12.1. The topological polar surface area (TPSA) is 51.6 Å². The summed E-state index contributed by atoms with van der Waals surface area (Å²) in [6, 6.07) is 5.74. The molecular weight excluding hydrogens is 262 g/mol. The van der Waals surface area contributed by atoms with Crippen molar-refractivity contribution in [3.63, 3.8) is 0 Å². The summed E-state index contributed by atoms with van der Waals surface area (Å²) in [5, 5.41) is 9.93. The summed E-state index contributed by atoms with van der Waals surface area (Å²) in [6.45, 7) is 2.09. The summed E-state index contributed by atoms with van der Waals surface area (Å²) in [5.74, 6) is 1.38. The molecule has 0 spiro atoms. The fourth-order valence-corrected chi connectivity index (χ4v) is 3.01. The van der Waals surface area contributed by atoms with E-state index in [9.17, 15) is 0 Å². The van der Waals surface area contributed by atoms with E-state index in [1.165, 1.54) is 0 Å². The second-order valence-electron chi connectivity index (χ2n) is 4.04. The number of benzene rings is 1. The smallest absolute Gasteiger partial charge is 0.170 e. The van der Waals surface area contributed by atoms with Crippen LogP contribution in [0.3, 0.4) is 0 Å². The van der Waals surface area contributed by atoms with Crippen molar-refractivity contribution in [3.8, 4) is 22.1 Å². The van der Waals surface area contributed by atoms with Crippen LogP contribution in [0.15, 0.2) is 18.2 Å². The van der Waals surface area contributed by atoms with E-state index >= 15 is 0 Å². The van der Waals surface area contributed by atoms with Gasteiger partial charge in [0.15, 0.2) is 11.5 Å². The molecule has 2 aromatic rings. The third-order valence-electron chi connectivity index (χ3n) is 2.86. The number of nitrogens with zero attached hydrogens (tertiary/aromatic N) is 1. The molecule has 0 aliphatic carbocycles. The summed E-state index contributed by atoms with van der Waals surface area (Å²) >= 11 is 1.58. The quantitative estimate of drug-likeness (QED) is 0.914. The molecule has 0 aliphatic heterocycles. The molecule has 0 atom stereocenters. The minimum Gasteiger partial charge on any atom is -0.493 e. The Labute approximate surface area is 116 Å². The third kappa shape index (κ3) is 2.72. The highest BCUT2D eigenvalue weighted by Gasteiger charge is 2.16. The lowest BCUT2D eigenvalue weighted by atomic mass is 10.2. The van der Waals surface area contributed by atoms with Gasteiger partial charge in [0.05, 0.1) is 25.5 Å². The van der Waals surface area contributed by atoms with Gasteiger partial charge in [-0.2, -0.15) is 0 Å². The number of para-hydroxylation sites is 1. The number of hydrogen-bond acceptors (Lipinski definition) is 5. The van der Waals surface area contributed by atoms with Crippen molar-refractivity contribution >= 4 is 11.3 Å². The molecule has 1 aromatic carbocycles. The van der Waals surface area contributed by atoms with Gasteiger partial charge in [-0.15, -0.1) is 11.3 Å². The molecule has 102 valence electrons. The molecule has 0 saturated carbocycles. The number of aliphatic hydroxyl groups is 1. The predicted octanol–water partition coefficient (Wildman–Crippen LogP) is 2.67. The minimum atomic E-state index is 0.137. The van der Waals surface area contributed by atoms with Gasteiger partial charge in [0.2, 0.25) is 0 Å². The van der Waals surface area contributed by atoms with Crippen molar-refractivity contribution in [2.45, 2.75) is 13.3 Å². The first-order valence-electron chi connectivity index (χ1n) is 5.99. The zero-order chi connectivity index (χ0) is 13.8. The van der Waals surface area contributed by atoms with E-state index < -0.39 is 0 Å². The molecule has 2 rings (SSSR count). The number of thiazole rings is 1. The van der Waals surface area contributed by atoms with Crippen molar-refractivity contribution in [1.82, 2.24) is 4.98 Å². The summed E-state index contributed by atoms with van der Waals surface area (Å²) < 4.78 is 10.7. The third-order valence-corrected chi connectivity index (χ3v) is 4.12. The Balaban J connectivity index is 2.49. The van der Waals surface area contributed by atoms with Gasteiger partial charge in [0.1, 0.15) is 5.01 Å². The average Bonchev–Trinajstić information content (AvgIpc) is 2.79. The van der Waals surface area contributed by atoms with Gasteiger partial charge in [-0.1, -0.05) is 6.07 Å². The number of aryl methyl sites for hydroxylation is 1. The number of ether oxygens (including phenoxy) is 2. The highest BCUT2D eigenvalue weighted by atomic mass is 32.1. The van der Waals surface area contributed by atoms with Gasteiger partial charge in [-0.05, 0) is 19.1 Å². The highest BCUT2D eigenvalue weighted by molar-refractivity contribution is 7.15. The number of rotatable bonds is 5. The standard InChI is InChI=1S/C14H17NO3S/c1-9-12(7-8-16)19-14(15-9)10-5-4-6-11(17-2)13(10)18-3/h4-6,16H,7-8H2,1-3H3. The van der Waals surface area contributed by atoms with E-state index in [4.69, 9.17) is 14.6 Å². The summed E-state index contributed by atoms with van der Waals surface area (Å²) in [7, 11) is 3.24. The van der Waals surface area contributed by atoms with Crippen LogP contribution in [0.1, 0.15) is 10.6 Å². The predicted molar refractivity (Wildman–Crippen MR) is 76.2 cm³/mol. The Hall–Kier alpha value is -1.59. The van der Waals surface area contributed by atoms with Gasteiger partial charge >= 0.3 is 0 Å². The summed E-state index contributed by atoms with van der Waals surface area (Å²) in [4.78, 5) is 5.65. The first-order chi connectivity index (χ1) is 9.21. The van der Waals surface area contributed by atoms with Crippen LogP contribution in [0.4, 0.5) is 0 Å². The highest BCUT2D eigenvalue weighted by Crippen LogP contribution is 2.40. The van der Waals surface area contributed by atoms with Gasteiger partial charge in [-0.3, -0.25) is 0 Å². The lowest BCUT2D eigenvalue weighted by Crippen LogP contribution is -1.92. The second-order valence-corrected chi connectivity index (χ2v) is 5.13. The van der Waals surface area contributed by atoms with Crippen LogP contribution in [-0.2, 0) is 6.42 Å². The van der Waals surface area contributed by atoms with E-state index in [1.807, 2.05) is 25.1 Å². The Kier molecular flexibility index (Phi) is 4.39. The van der Waals surface area contributed by atoms with Crippen LogP contribution in [0, 0.1) is 6.92 Å². The van der Waals surface area contributed by atoms with E-state index in [0.29, 0.717) is 17.9 Å². The van der Waals surface area contributed by atoms with E-state index in [0.717, 1.165) is 21.1 Å². The molecule has 0 unspecified atom stereocenters. The Morgan fingerprint density at radius 1 is 1.26 bits per heavy atom. The normalized spacial score (nSPS) is 10.5. The second kappa shape index (κ2) is 6.04. The number of aliphatic hydroxyl groups excluding tert-OH is 1. The fourth-order valence-electron chi connectivity index (χ4n) is 1.93. The van der Waals surface area contributed by atoms with E-state index in [2.05, 4.69) is 4.98 Å². The molecule has 1 heterocycles. The molecule has 1 N–H and O–H groups in total. The van der Waals surface area contributed by atoms with Crippen LogP contribution in [-0.4, -0.2) is 30.9 Å². The van der Waals surface area contributed by atoms with Crippen molar-refractivity contribution in [1.29, 1.82) is 0 Å². The van der Waals surface area contributed by atoms with Crippen molar-refractivity contribution in [3.05, 3.63) is 28.8 Å².